The van der Waals surface area contributed by atoms with Crippen LogP contribution in [0.15, 0.2) is 59.8 Å². The van der Waals surface area contributed by atoms with E-state index < -0.39 is 12.0 Å². The molecule has 2 heterocycles. The molecule has 1 amide bonds. The average Bonchev–Trinajstić information content (AvgIpc) is 3.10. The van der Waals surface area contributed by atoms with E-state index in [0.717, 1.165) is 22.0 Å². The largest absolute Gasteiger partial charge is 0.464 e. The van der Waals surface area contributed by atoms with E-state index in [1.807, 2.05) is 66.2 Å². The summed E-state index contributed by atoms with van der Waals surface area (Å²) >= 11 is 1.17. The number of benzene rings is 2. The number of esters is 1. The molecule has 8 nitrogen and oxygen atoms in total. The molecule has 4 rings (SSSR count). The number of thioether (sulfide) groups is 1. The number of ether oxygens (including phenoxy) is 1. The van der Waals surface area contributed by atoms with Gasteiger partial charge in [-0.15, -0.1) is 10.2 Å². The summed E-state index contributed by atoms with van der Waals surface area (Å²) in [4.78, 5) is 29.5. The van der Waals surface area contributed by atoms with Gasteiger partial charge in [-0.25, -0.2) is 9.78 Å². The molecule has 0 bridgehead atoms. The molecule has 0 aliphatic carbocycles. The molecule has 0 saturated heterocycles. The fourth-order valence-electron chi connectivity index (χ4n) is 3.51. The minimum Gasteiger partial charge on any atom is -0.464 e. The van der Waals surface area contributed by atoms with Gasteiger partial charge >= 0.3 is 5.97 Å². The van der Waals surface area contributed by atoms with E-state index in [0.29, 0.717) is 17.2 Å². The van der Waals surface area contributed by atoms with Gasteiger partial charge in [-0.1, -0.05) is 60.3 Å². The molecular formula is C23H23N5O3S. The second kappa shape index (κ2) is 9.78. The Morgan fingerprint density at radius 2 is 1.84 bits per heavy atom. The summed E-state index contributed by atoms with van der Waals surface area (Å²) in [5, 5.41) is 12.6. The monoisotopic (exact) mass is 449 g/mol. The van der Waals surface area contributed by atoms with Crippen LogP contribution in [0.3, 0.4) is 0 Å². The summed E-state index contributed by atoms with van der Waals surface area (Å²) in [5.41, 5.74) is 3.38. The van der Waals surface area contributed by atoms with Crippen molar-refractivity contribution in [3.8, 4) is 0 Å². The van der Waals surface area contributed by atoms with Gasteiger partial charge in [0.25, 0.3) is 0 Å². The van der Waals surface area contributed by atoms with Gasteiger partial charge in [-0.3, -0.25) is 4.79 Å². The van der Waals surface area contributed by atoms with Gasteiger partial charge in [0, 0.05) is 18.9 Å². The van der Waals surface area contributed by atoms with E-state index in [9.17, 15) is 9.59 Å². The average molecular weight is 450 g/mol. The number of carbonyl (C=O) groups is 2. The molecule has 0 fully saturated rings. The quantitative estimate of drug-likeness (QED) is 0.326. The Morgan fingerprint density at radius 1 is 1.09 bits per heavy atom. The maximum Gasteiger partial charge on any atom is 0.328 e. The summed E-state index contributed by atoms with van der Waals surface area (Å²) in [6.07, 6.45) is 0.357. The molecule has 164 valence electrons. The van der Waals surface area contributed by atoms with Crippen LogP contribution in [0.4, 0.5) is 0 Å². The normalized spacial score (nSPS) is 12.1. The van der Waals surface area contributed by atoms with Crippen LogP contribution in [0.1, 0.15) is 12.5 Å². The lowest BCUT2D eigenvalue weighted by Gasteiger charge is -2.17. The Morgan fingerprint density at radius 3 is 2.62 bits per heavy atom. The Kier molecular flexibility index (Phi) is 6.65. The van der Waals surface area contributed by atoms with Crippen molar-refractivity contribution in [1.29, 1.82) is 0 Å². The number of nitrogens with one attached hydrogen (secondary N) is 1. The molecule has 0 radical (unpaired) electrons. The Balaban J connectivity index is 1.44. The third-order valence-corrected chi connectivity index (χ3v) is 5.85. The van der Waals surface area contributed by atoms with Gasteiger partial charge in [-0.05, 0) is 18.6 Å². The smallest absolute Gasteiger partial charge is 0.328 e. The van der Waals surface area contributed by atoms with Crippen LogP contribution in [0, 0.1) is 0 Å². The molecule has 2 aromatic heterocycles. The number of amides is 1. The van der Waals surface area contributed by atoms with E-state index in [1.54, 1.807) is 6.92 Å². The third kappa shape index (κ3) is 4.72. The summed E-state index contributed by atoms with van der Waals surface area (Å²) in [6, 6.07) is 16.6. The molecule has 0 spiro atoms. The lowest BCUT2D eigenvalue weighted by atomic mass is 10.1. The standard InChI is InChI=1S/C23H23N5O3S/c1-3-31-22(30)17(13-15-9-5-4-6-10-15)24-19(29)14-32-23-25-21-20(26-27-23)16-11-7-8-12-18(16)28(21)2/h4-12,17H,3,13-14H2,1-2H3,(H,24,29)/t17-/m0/s1. The molecule has 1 atom stereocenters. The fourth-order valence-corrected chi connectivity index (χ4v) is 4.10. The maximum atomic E-state index is 12.6. The highest BCUT2D eigenvalue weighted by molar-refractivity contribution is 7.99. The first-order valence-electron chi connectivity index (χ1n) is 10.3. The Hall–Kier alpha value is -3.46. The zero-order valence-corrected chi connectivity index (χ0v) is 18.6. The second-order valence-electron chi connectivity index (χ2n) is 7.19. The van der Waals surface area contributed by atoms with E-state index in [2.05, 4.69) is 20.5 Å². The molecular weight excluding hydrogens is 426 g/mol. The highest BCUT2D eigenvalue weighted by Crippen LogP contribution is 2.25. The van der Waals surface area contributed by atoms with Crippen molar-refractivity contribution in [3.05, 3.63) is 60.2 Å². The minimum absolute atomic E-state index is 0.0574. The van der Waals surface area contributed by atoms with Crippen molar-refractivity contribution in [3.63, 3.8) is 0 Å². The van der Waals surface area contributed by atoms with Crippen molar-refractivity contribution in [2.24, 2.45) is 7.05 Å². The highest BCUT2D eigenvalue weighted by atomic mass is 32.2. The van der Waals surface area contributed by atoms with Gasteiger partial charge < -0.3 is 14.6 Å². The maximum absolute atomic E-state index is 12.6. The predicted octanol–water partition coefficient (Wildman–Crippen LogP) is 2.90. The third-order valence-electron chi connectivity index (χ3n) is 5.01. The first-order chi connectivity index (χ1) is 15.6. The number of aromatic nitrogens is 4. The SMILES string of the molecule is CCOC(=O)[C@H](Cc1ccccc1)NC(=O)CSc1nnc2c3ccccc3n(C)c2n1. The number of nitrogens with zero attached hydrogens (tertiary/aromatic N) is 4. The Bertz CT molecular complexity index is 1260. The summed E-state index contributed by atoms with van der Waals surface area (Å²) in [5.74, 6) is -0.698. The molecule has 0 unspecified atom stereocenters. The van der Waals surface area contributed by atoms with Crippen LogP contribution in [0.5, 0.6) is 0 Å². The number of hydrogen-bond donors (Lipinski definition) is 1. The van der Waals surface area contributed by atoms with Gasteiger partial charge in [0.2, 0.25) is 11.1 Å². The minimum atomic E-state index is -0.759. The molecule has 0 aliphatic heterocycles. The van der Waals surface area contributed by atoms with Crippen LogP contribution in [-0.2, 0) is 27.8 Å². The number of hydrogen-bond acceptors (Lipinski definition) is 7. The van der Waals surface area contributed by atoms with E-state index >= 15 is 0 Å². The van der Waals surface area contributed by atoms with Crippen molar-refractivity contribution in [2.45, 2.75) is 24.5 Å². The summed E-state index contributed by atoms with van der Waals surface area (Å²) in [7, 11) is 1.92. The summed E-state index contributed by atoms with van der Waals surface area (Å²) in [6.45, 7) is 1.99. The van der Waals surface area contributed by atoms with E-state index in [4.69, 9.17) is 4.74 Å². The molecule has 0 aliphatic rings. The van der Waals surface area contributed by atoms with Crippen molar-refractivity contribution in [1.82, 2.24) is 25.1 Å². The zero-order valence-electron chi connectivity index (χ0n) is 17.8. The van der Waals surface area contributed by atoms with Crippen molar-refractivity contribution < 1.29 is 14.3 Å². The Labute approximate surface area is 189 Å². The van der Waals surface area contributed by atoms with Crippen LogP contribution in [-0.4, -0.2) is 50.0 Å². The second-order valence-corrected chi connectivity index (χ2v) is 8.14. The first-order valence-corrected chi connectivity index (χ1v) is 11.3. The van der Waals surface area contributed by atoms with Gasteiger partial charge in [0.15, 0.2) is 5.65 Å². The van der Waals surface area contributed by atoms with Crippen LogP contribution in [0.2, 0.25) is 0 Å². The molecule has 9 heteroatoms. The van der Waals surface area contributed by atoms with Gasteiger partial charge in [0.05, 0.1) is 17.9 Å². The van der Waals surface area contributed by atoms with E-state index in [-0.39, 0.29) is 18.3 Å². The zero-order chi connectivity index (χ0) is 22.5. The lowest BCUT2D eigenvalue weighted by molar-refractivity contribution is -0.147. The van der Waals surface area contributed by atoms with Crippen LogP contribution in [0.25, 0.3) is 22.1 Å². The van der Waals surface area contributed by atoms with Gasteiger partial charge in [-0.2, -0.15) is 0 Å². The number of carbonyl (C=O) groups excluding carboxylic acids is 2. The number of para-hydroxylation sites is 1. The van der Waals surface area contributed by atoms with Crippen LogP contribution >= 0.6 is 11.8 Å². The van der Waals surface area contributed by atoms with Crippen LogP contribution < -0.4 is 5.32 Å². The van der Waals surface area contributed by atoms with Crippen molar-refractivity contribution >= 4 is 45.7 Å². The highest BCUT2D eigenvalue weighted by Gasteiger charge is 2.23. The number of rotatable bonds is 8. The molecule has 1 N–H and O–H groups in total. The fraction of sp³-hybridized carbons (Fsp3) is 0.261. The van der Waals surface area contributed by atoms with Gasteiger partial charge in [0.1, 0.15) is 11.6 Å². The van der Waals surface area contributed by atoms with Crippen molar-refractivity contribution in [2.75, 3.05) is 12.4 Å². The van der Waals surface area contributed by atoms with E-state index in [1.165, 1.54) is 11.8 Å². The molecule has 0 saturated carbocycles. The topological polar surface area (TPSA) is 99.0 Å². The molecule has 32 heavy (non-hydrogen) atoms. The molecule has 4 aromatic rings. The molecule has 2 aromatic carbocycles. The summed E-state index contributed by atoms with van der Waals surface area (Å²) < 4.78 is 7.09. The number of aryl methyl sites for hydroxylation is 1. The number of fused-ring (bicyclic) bond motifs is 3. The lowest BCUT2D eigenvalue weighted by Crippen LogP contribution is -2.44. The first kappa shape index (κ1) is 21.8. The predicted molar refractivity (Wildman–Crippen MR) is 123 cm³/mol.